The number of nitrogens with one attached hydrogen (secondary N) is 2. The van der Waals surface area contributed by atoms with Gasteiger partial charge in [0.05, 0.1) is 11.3 Å². The Bertz CT molecular complexity index is 518. The van der Waals surface area contributed by atoms with E-state index in [1.54, 1.807) is 18.2 Å². The van der Waals surface area contributed by atoms with Crippen LogP contribution < -0.4 is 10.6 Å². The quantitative estimate of drug-likeness (QED) is 0.781. The molecule has 0 fully saturated rings. The summed E-state index contributed by atoms with van der Waals surface area (Å²) in [5, 5.41) is 15.0. The Morgan fingerprint density at radius 1 is 1.50 bits per heavy atom. The minimum Gasteiger partial charge on any atom is -0.478 e. The van der Waals surface area contributed by atoms with Crippen molar-refractivity contribution in [3.8, 4) is 0 Å². The van der Waals surface area contributed by atoms with Crippen LogP contribution in [-0.2, 0) is 4.79 Å². The monoisotopic (exact) mass is 266 g/mol. The highest BCUT2D eigenvalue weighted by atomic mass is 32.2. The molecule has 1 amide bonds. The van der Waals surface area contributed by atoms with Crippen molar-refractivity contribution in [2.24, 2.45) is 0 Å². The third-order valence-corrected chi connectivity index (χ3v) is 4.12. The molecule has 6 heteroatoms. The molecule has 1 aromatic carbocycles. The van der Waals surface area contributed by atoms with E-state index in [9.17, 15) is 9.59 Å². The second-order valence-electron chi connectivity index (χ2n) is 4.10. The van der Waals surface area contributed by atoms with Crippen LogP contribution in [0.2, 0.25) is 0 Å². The largest absolute Gasteiger partial charge is 0.478 e. The molecule has 1 unspecified atom stereocenters. The number of fused-ring (bicyclic) bond motifs is 1. The van der Waals surface area contributed by atoms with Crippen LogP contribution in [0.1, 0.15) is 30.6 Å². The molecule has 1 aliphatic rings. The van der Waals surface area contributed by atoms with E-state index in [2.05, 4.69) is 10.6 Å². The summed E-state index contributed by atoms with van der Waals surface area (Å²) in [6, 6.07) is 4.90. The number of anilines is 1. The second kappa shape index (κ2) is 4.53. The van der Waals surface area contributed by atoms with Gasteiger partial charge in [0.25, 0.3) is 0 Å². The van der Waals surface area contributed by atoms with Gasteiger partial charge in [-0.3, -0.25) is 4.79 Å². The summed E-state index contributed by atoms with van der Waals surface area (Å²) in [7, 11) is 0. The predicted octanol–water partition coefficient (Wildman–Crippen LogP) is 2.10. The lowest BCUT2D eigenvalue weighted by Gasteiger charge is -2.28. The first kappa shape index (κ1) is 12.8. The first-order valence-electron chi connectivity index (χ1n) is 5.59. The average Bonchev–Trinajstić information content (AvgIpc) is 2.65. The number of amides is 1. The normalized spacial score (nSPS) is 21.0. The molecule has 0 aromatic heterocycles. The zero-order valence-corrected chi connectivity index (χ0v) is 10.9. The van der Waals surface area contributed by atoms with Gasteiger partial charge in [0.2, 0.25) is 5.91 Å². The third kappa shape index (κ3) is 2.28. The predicted molar refractivity (Wildman–Crippen MR) is 69.7 cm³/mol. The van der Waals surface area contributed by atoms with Crippen LogP contribution in [0.4, 0.5) is 5.69 Å². The maximum Gasteiger partial charge on any atom is 0.335 e. The molecule has 96 valence electrons. The molecule has 2 rings (SSSR count). The standard InChI is InChI=1S/C12H14N2O3S/c1-3-12(13-7(2)15)14-9-5-4-8(11(16)17)6-10(9)18-12/h4-6,14H,3H2,1-2H3,(H,13,15)(H,16,17). The summed E-state index contributed by atoms with van der Waals surface area (Å²) in [5.41, 5.74) is 1.10. The van der Waals surface area contributed by atoms with Crippen molar-refractivity contribution in [2.45, 2.75) is 30.2 Å². The van der Waals surface area contributed by atoms with E-state index in [-0.39, 0.29) is 11.5 Å². The first-order valence-corrected chi connectivity index (χ1v) is 6.41. The molecule has 1 atom stereocenters. The maximum atomic E-state index is 11.2. The fraction of sp³-hybridized carbons (Fsp3) is 0.333. The SMILES string of the molecule is CCC1(NC(C)=O)Nc2ccc(C(=O)O)cc2S1. The van der Waals surface area contributed by atoms with Gasteiger partial charge in [0.1, 0.15) is 0 Å². The minimum atomic E-state index is -0.952. The van der Waals surface area contributed by atoms with Gasteiger partial charge in [-0.1, -0.05) is 18.7 Å². The van der Waals surface area contributed by atoms with Crippen LogP contribution in [-0.4, -0.2) is 22.0 Å². The van der Waals surface area contributed by atoms with Gasteiger partial charge in [-0.25, -0.2) is 4.79 Å². The number of hydrogen-bond donors (Lipinski definition) is 3. The zero-order chi connectivity index (χ0) is 13.3. The Kier molecular flexibility index (Phi) is 3.21. The van der Waals surface area contributed by atoms with Crippen molar-refractivity contribution in [3.63, 3.8) is 0 Å². The van der Waals surface area contributed by atoms with E-state index >= 15 is 0 Å². The number of thioether (sulfide) groups is 1. The highest BCUT2D eigenvalue weighted by Gasteiger charge is 2.37. The summed E-state index contributed by atoms with van der Waals surface area (Å²) < 4.78 is 0. The molecule has 0 radical (unpaired) electrons. The number of hydrogen-bond acceptors (Lipinski definition) is 4. The molecule has 3 N–H and O–H groups in total. The molecule has 1 heterocycles. The Morgan fingerprint density at radius 3 is 2.78 bits per heavy atom. The van der Waals surface area contributed by atoms with Gasteiger partial charge in [-0.15, -0.1) is 0 Å². The number of aromatic carboxylic acids is 1. The van der Waals surface area contributed by atoms with Crippen molar-refractivity contribution in [1.82, 2.24) is 5.32 Å². The third-order valence-electron chi connectivity index (χ3n) is 2.73. The number of benzene rings is 1. The molecule has 1 aliphatic heterocycles. The van der Waals surface area contributed by atoms with Crippen molar-refractivity contribution in [1.29, 1.82) is 0 Å². The molecular formula is C12H14N2O3S. The van der Waals surface area contributed by atoms with Crippen LogP contribution in [0.5, 0.6) is 0 Å². The van der Waals surface area contributed by atoms with Crippen LogP contribution in [0.15, 0.2) is 23.1 Å². The number of carbonyl (C=O) groups excluding carboxylic acids is 1. The molecule has 5 nitrogen and oxygen atoms in total. The van der Waals surface area contributed by atoms with E-state index in [0.29, 0.717) is 6.42 Å². The van der Waals surface area contributed by atoms with Crippen molar-refractivity contribution in [2.75, 3.05) is 5.32 Å². The van der Waals surface area contributed by atoms with Crippen LogP contribution in [0.3, 0.4) is 0 Å². The molecule has 0 spiro atoms. The molecular weight excluding hydrogens is 252 g/mol. The average molecular weight is 266 g/mol. The lowest BCUT2D eigenvalue weighted by Crippen LogP contribution is -2.48. The number of carboxylic acids is 1. The number of rotatable bonds is 3. The van der Waals surface area contributed by atoms with Crippen LogP contribution in [0.25, 0.3) is 0 Å². The molecule has 1 aromatic rings. The minimum absolute atomic E-state index is 0.122. The molecule has 0 bridgehead atoms. The Balaban J connectivity index is 2.30. The summed E-state index contributed by atoms with van der Waals surface area (Å²) in [4.78, 5) is 22.4. The van der Waals surface area contributed by atoms with Gasteiger partial charge < -0.3 is 15.7 Å². The van der Waals surface area contributed by atoms with E-state index in [0.717, 1.165) is 10.6 Å². The zero-order valence-electron chi connectivity index (χ0n) is 10.1. The van der Waals surface area contributed by atoms with Crippen molar-refractivity contribution >= 4 is 29.3 Å². The lowest BCUT2D eigenvalue weighted by molar-refractivity contribution is -0.119. The maximum absolute atomic E-state index is 11.2. The van der Waals surface area contributed by atoms with Gasteiger partial charge in [-0.2, -0.15) is 0 Å². The Morgan fingerprint density at radius 2 is 2.22 bits per heavy atom. The number of carbonyl (C=O) groups is 2. The Hall–Kier alpha value is -1.69. The van der Waals surface area contributed by atoms with Gasteiger partial charge in [-0.05, 0) is 24.6 Å². The van der Waals surface area contributed by atoms with E-state index in [4.69, 9.17) is 5.11 Å². The topological polar surface area (TPSA) is 78.4 Å². The molecule has 18 heavy (non-hydrogen) atoms. The van der Waals surface area contributed by atoms with E-state index in [1.807, 2.05) is 6.92 Å². The summed E-state index contributed by atoms with van der Waals surface area (Å²) in [6.45, 7) is 3.42. The fourth-order valence-corrected chi connectivity index (χ4v) is 3.15. The second-order valence-corrected chi connectivity index (χ2v) is 5.45. The molecule has 0 saturated carbocycles. The van der Waals surface area contributed by atoms with Crippen LogP contribution in [0, 0.1) is 0 Å². The van der Waals surface area contributed by atoms with E-state index < -0.39 is 11.0 Å². The van der Waals surface area contributed by atoms with Gasteiger partial charge in [0, 0.05) is 11.8 Å². The van der Waals surface area contributed by atoms with E-state index in [1.165, 1.54) is 18.7 Å². The highest BCUT2D eigenvalue weighted by Crippen LogP contribution is 2.45. The smallest absolute Gasteiger partial charge is 0.335 e. The molecule has 0 aliphatic carbocycles. The van der Waals surface area contributed by atoms with Gasteiger partial charge in [0.15, 0.2) is 4.99 Å². The van der Waals surface area contributed by atoms with Crippen molar-refractivity contribution < 1.29 is 14.7 Å². The first-order chi connectivity index (χ1) is 8.46. The summed E-state index contributed by atoms with van der Waals surface area (Å²) in [5.74, 6) is -1.07. The summed E-state index contributed by atoms with van der Waals surface area (Å²) >= 11 is 1.44. The van der Waals surface area contributed by atoms with Crippen molar-refractivity contribution in [3.05, 3.63) is 23.8 Å². The summed E-state index contributed by atoms with van der Waals surface area (Å²) in [6.07, 6.45) is 0.689. The fourth-order valence-electron chi connectivity index (χ4n) is 1.86. The van der Waals surface area contributed by atoms with Crippen LogP contribution >= 0.6 is 11.8 Å². The lowest BCUT2D eigenvalue weighted by atomic mass is 10.2. The van der Waals surface area contributed by atoms with Gasteiger partial charge >= 0.3 is 5.97 Å². The Labute approximate surface area is 109 Å². The molecule has 0 saturated heterocycles. The number of carboxylic acid groups (broad SMARTS) is 1. The highest BCUT2D eigenvalue weighted by molar-refractivity contribution is 8.01.